The zero-order valence-electron chi connectivity index (χ0n) is 15.0. The van der Waals surface area contributed by atoms with Gasteiger partial charge >= 0.3 is 0 Å². The van der Waals surface area contributed by atoms with Gasteiger partial charge in [0.25, 0.3) is 11.8 Å². The molecule has 3 heterocycles. The van der Waals surface area contributed by atoms with E-state index in [1.54, 1.807) is 0 Å². The average Bonchev–Trinajstić information content (AvgIpc) is 2.93. The van der Waals surface area contributed by atoms with Gasteiger partial charge in [0.15, 0.2) is 5.82 Å². The van der Waals surface area contributed by atoms with E-state index >= 15 is 0 Å². The van der Waals surface area contributed by atoms with Crippen LogP contribution in [0.4, 0.5) is 0 Å². The van der Waals surface area contributed by atoms with E-state index in [1.165, 1.54) is 6.42 Å². The molecule has 6 heteroatoms. The third-order valence-electron chi connectivity index (χ3n) is 4.89. The van der Waals surface area contributed by atoms with E-state index in [4.69, 9.17) is 0 Å². The van der Waals surface area contributed by atoms with Crippen molar-refractivity contribution < 1.29 is 9.59 Å². The van der Waals surface area contributed by atoms with Crippen molar-refractivity contribution in [3.63, 3.8) is 0 Å². The van der Waals surface area contributed by atoms with Crippen LogP contribution < -0.4 is 5.32 Å². The summed E-state index contributed by atoms with van der Waals surface area (Å²) in [5.74, 6) is 0.796. The fourth-order valence-electron chi connectivity index (χ4n) is 3.73. The Hall–Kier alpha value is -1.85. The monoisotopic (exact) mass is 332 g/mol. The first-order chi connectivity index (χ1) is 11.5. The number of aromatic nitrogens is 2. The minimum absolute atomic E-state index is 0.0201. The zero-order valence-corrected chi connectivity index (χ0v) is 15.0. The number of likely N-dealkylation sites (tertiary alicyclic amines) is 1. The molecule has 2 amide bonds. The predicted octanol–water partition coefficient (Wildman–Crippen LogP) is 2.23. The summed E-state index contributed by atoms with van der Waals surface area (Å²) in [5.41, 5.74) is 1.37. The molecule has 3 rings (SSSR count). The van der Waals surface area contributed by atoms with Crippen molar-refractivity contribution in [3.8, 4) is 0 Å². The number of rotatable bonds is 3. The maximum Gasteiger partial charge on any atom is 0.289 e. The molecular formula is C18H28N4O2. The van der Waals surface area contributed by atoms with Gasteiger partial charge in [-0.05, 0) is 51.9 Å². The molecular weight excluding hydrogens is 304 g/mol. The van der Waals surface area contributed by atoms with Crippen LogP contribution >= 0.6 is 0 Å². The average molecular weight is 332 g/mol. The lowest BCUT2D eigenvalue weighted by Crippen LogP contribution is -2.40. The molecule has 0 bridgehead atoms. The van der Waals surface area contributed by atoms with Gasteiger partial charge in [-0.15, -0.1) is 0 Å². The van der Waals surface area contributed by atoms with E-state index in [0.717, 1.165) is 51.0 Å². The number of piperidine rings is 1. The van der Waals surface area contributed by atoms with E-state index in [9.17, 15) is 9.59 Å². The molecule has 1 fully saturated rings. The number of carbonyl (C=O) groups is 2. The van der Waals surface area contributed by atoms with Crippen LogP contribution in [-0.4, -0.2) is 45.4 Å². The minimum Gasteiger partial charge on any atom is -0.348 e. The van der Waals surface area contributed by atoms with E-state index in [2.05, 4.69) is 17.2 Å². The number of nitrogens with zero attached hydrogens (tertiary/aromatic N) is 3. The summed E-state index contributed by atoms with van der Waals surface area (Å²) in [6.45, 7) is 8.40. The van der Waals surface area contributed by atoms with E-state index in [-0.39, 0.29) is 17.9 Å². The SMILES string of the molecule is CC1CCCN(C(=O)c2nc(C(=O)NC(C)C)c3n2CCCC3)C1. The molecule has 0 spiro atoms. The fourth-order valence-corrected chi connectivity index (χ4v) is 3.73. The van der Waals surface area contributed by atoms with Crippen molar-refractivity contribution in [1.29, 1.82) is 0 Å². The Morgan fingerprint density at radius 3 is 2.71 bits per heavy atom. The Balaban J connectivity index is 1.91. The second-order valence-corrected chi connectivity index (χ2v) is 7.47. The standard InChI is InChI=1S/C18H28N4O2/c1-12(2)19-17(23)15-14-8-4-5-10-22(14)16(20-15)18(24)21-9-6-7-13(3)11-21/h12-13H,4-11H2,1-3H3,(H,19,23). The molecule has 6 nitrogen and oxygen atoms in total. The normalized spacial score (nSPS) is 20.8. The number of imidazole rings is 1. The number of nitrogens with one attached hydrogen (secondary N) is 1. The van der Waals surface area contributed by atoms with Gasteiger partial charge in [0.2, 0.25) is 0 Å². The smallest absolute Gasteiger partial charge is 0.289 e. The van der Waals surface area contributed by atoms with E-state index < -0.39 is 0 Å². The second-order valence-electron chi connectivity index (χ2n) is 7.47. The molecule has 132 valence electrons. The minimum atomic E-state index is -0.165. The highest BCUT2D eigenvalue weighted by Gasteiger charge is 2.31. The van der Waals surface area contributed by atoms with Crippen LogP contribution in [-0.2, 0) is 13.0 Å². The number of hydrogen-bond donors (Lipinski definition) is 1. The second kappa shape index (κ2) is 6.95. The van der Waals surface area contributed by atoms with Gasteiger partial charge in [0.1, 0.15) is 5.69 Å². The lowest BCUT2D eigenvalue weighted by atomic mass is 10.0. The van der Waals surface area contributed by atoms with Crippen LogP contribution in [0.1, 0.15) is 73.3 Å². The quantitative estimate of drug-likeness (QED) is 0.923. The first kappa shape index (κ1) is 17.0. The molecule has 0 aliphatic carbocycles. The van der Waals surface area contributed by atoms with Gasteiger partial charge < -0.3 is 14.8 Å². The summed E-state index contributed by atoms with van der Waals surface area (Å²) in [6, 6.07) is 0.0561. The van der Waals surface area contributed by atoms with E-state index in [1.807, 2.05) is 23.3 Å². The summed E-state index contributed by atoms with van der Waals surface area (Å²) < 4.78 is 1.99. The van der Waals surface area contributed by atoms with Crippen molar-refractivity contribution in [2.24, 2.45) is 5.92 Å². The molecule has 0 radical (unpaired) electrons. The van der Waals surface area contributed by atoms with E-state index in [0.29, 0.717) is 17.4 Å². The summed E-state index contributed by atoms with van der Waals surface area (Å²) in [6.07, 6.45) is 5.11. The van der Waals surface area contributed by atoms with Gasteiger partial charge in [-0.25, -0.2) is 4.98 Å². The first-order valence-corrected chi connectivity index (χ1v) is 9.17. The topological polar surface area (TPSA) is 67.2 Å². The van der Waals surface area contributed by atoms with Gasteiger partial charge in [-0.3, -0.25) is 9.59 Å². The summed E-state index contributed by atoms with van der Waals surface area (Å²) in [5, 5.41) is 2.91. The molecule has 1 atom stereocenters. The highest BCUT2D eigenvalue weighted by molar-refractivity contribution is 5.97. The van der Waals surface area contributed by atoms with Crippen LogP contribution in [0.2, 0.25) is 0 Å². The Kier molecular flexibility index (Phi) is 4.92. The molecule has 24 heavy (non-hydrogen) atoms. The lowest BCUT2D eigenvalue weighted by Gasteiger charge is -2.31. The van der Waals surface area contributed by atoms with Crippen LogP contribution in [0.25, 0.3) is 0 Å². The zero-order chi connectivity index (χ0) is 17.3. The molecule has 1 aromatic rings. The predicted molar refractivity (Wildman–Crippen MR) is 92.1 cm³/mol. The Morgan fingerprint density at radius 2 is 2.00 bits per heavy atom. The highest BCUT2D eigenvalue weighted by Crippen LogP contribution is 2.24. The van der Waals surface area contributed by atoms with Gasteiger partial charge in [0.05, 0.1) is 5.69 Å². The molecule has 1 saturated heterocycles. The first-order valence-electron chi connectivity index (χ1n) is 9.17. The van der Waals surface area contributed by atoms with Crippen molar-refractivity contribution in [2.75, 3.05) is 13.1 Å². The van der Waals surface area contributed by atoms with Crippen LogP contribution in [0.15, 0.2) is 0 Å². The molecule has 0 aromatic carbocycles. The van der Waals surface area contributed by atoms with Crippen LogP contribution in [0.3, 0.4) is 0 Å². The largest absolute Gasteiger partial charge is 0.348 e. The molecule has 0 saturated carbocycles. The van der Waals surface area contributed by atoms with Crippen LogP contribution in [0.5, 0.6) is 0 Å². The Morgan fingerprint density at radius 1 is 1.21 bits per heavy atom. The lowest BCUT2D eigenvalue weighted by molar-refractivity contribution is 0.0664. The molecule has 2 aliphatic heterocycles. The van der Waals surface area contributed by atoms with Crippen molar-refractivity contribution in [3.05, 3.63) is 17.2 Å². The molecule has 2 aliphatic rings. The maximum absolute atomic E-state index is 13.0. The summed E-state index contributed by atoms with van der Waals surface area (Å²) in [4.78, 5) is 31.9. The van der Waals surface area contributed by atoms with Crippen molar-refractivity contribution >= 4 is 11.8 Å². The van der Waals surface area contributed by atoms with Gasteiger partial charge in [-0.2, -0.15) is 0 Å². The molecule has 1 N–H and O–H groups in total. The number of carbonyl (C=O) groups excluding carboxylic acids is 2. The Labute approximate surface area is 143 Å². The number of fused-ring (bicyclic) bond motifs is 1. The summed E-state index contributed by atoms with van der Waals surface area (Å²) >= 11 is 0. The third-order valence-corrected chi connectivity index (χ3v) is 4.89. The van der Waals surface area contributed by atoms with Crippen LogP contribution in [0, 0.1) is 5.92 Å². The highest BCUT2D eigenvalue weighted by atomic mass is 16.2. The Bertz CT molecular complexity index is 635. The molecule has 1 unspecified atom stereocenters. The van der Waals surface area contributed by atoms with Gasteiger partial charge in [-0.1, -0.05) is 6.92 Å². The molecule has 1 aromatic heterocycles. The summed E-state index contributed by atoms with van der Waals surface area (Å²) in [7, 11) is 0. The number of hydrogen-bond acceptors (Lipinski definition) is 3. The van der Waals surface area contributed by atoms with Crippen molar-refractivity contribution in [1.82, 2.24) is 19.8 Å². The van der Waals surface area contributed by atoms with Crippen molar-refractivity contribution in [2.45, 2.75) is 65.5 Å². The number of amides is 2. The maximum atomic E-state index is 13.0. The van der Waals surface area contributed by atoms with Gasteiger partial charge in [0, 0.05) is 25.7 Å². The third kappa shape index (κ3) is 3.32. The fraction of sp³-hybridized carbons (Fsp3) is 0.722.